The first-order valence-corrected chi connectivity index (χ1v) is 6.35. The van der Waals surface area contributed by atoms with Gasteiger partial charge in [0.15, 0.2) is 0 Å². The standard InChI is InChI=1S/C14H22ClNO2/c1-13(2,14(3,4)17)16-9-10-6-7-12(18-5)11(15)8-10/h6-8,16-17H,9H2,1-5H3. The van der Waals surface area contributed by atoms with Crippen molar-refractivity contribution in [3.63, 3.8) is 0 Å². The predicted octanol–water partition coefficient (Wildman–Crippen LogP) is 2.99. The van der Waals surface area contributed by atoms with Crippen LogP contribution in [0.2, 0.25) is 5.02 Å². The van der Waals surface area contributed by atoms with Crippen molar-refractivity contribution < 1.29 is 9.84 Å². The minimum absolute atomic E-state index is 0.389. The van der Waals surface area contributed by atoms with E-state index in [1.165, 1.54) is 0 Å². The Hall–Kier alpha value is -0.770. The average Bonchev–Trinajstić information content (AvgIpc) is 2.25. The third-order valence-electron chi connectivity index (χ3n) is 3.48. The molecule has 0 aliphatic carbocycles. The second-order valence-corrected chi connectivity index (χ2v) is 5.91. The Morgan fingerprint density at radius 1 is 1.28 bits per heavy atom. The van der Waals surface area contributed by atoms with Crippen molar-refractivity contribution in [2.45, 2.75) is 45.4 Å². The van der Waals surface area contributed by atoms with Crippen LogP contribution in [0.3, 0.4) is 0 Å². The molecule has 0 saturated heterocycles. The largest absolute Gasteiger partial charge is 0.495 e. The van der Waals surface area contributed by atoms with Crippen molar-refractivity contribution in [1.29, 1.82) is 0 Å². The second-order valence-electron chi connectivity index (χ2n) is 5.51. The molecule has 0 aliphatic heterocycles. The Kier molecular flexibility index (Phi) is 4.65. The number of methoxy groups -OCH3 is 1. The van der Waals surface area contributed by atoms with Gasteiger partial charge in [-0.2, -0.15) is 0 Å². The number of benzene rings is 1. The lowest BCUT2D eigenvalue weighted by Gasteiger charge is -2.38. The molecule has 0 aromatic heterocycles. The molecule has 18 heavy (non-hydrogen) atoms. The highest BCUT2D eigenvalue weighted by Crippen LogP contribution is 2.26. The Balaban J connectivity index is 2.73. The topological polar surface area (TPSA) is 41.5 Å². The van der Waals surface area contributed by atoms with E-state index < -0.39 is 5.60 Å². The maximum atomic E-state index is 10.1. The zero-order valence-electron chi connectivity index (χ0n) is 11.7. The van der Waals surface area contributed by atoms with E-state index in [9.17, 15) is 5.11 Å². The molecule has 0 aliphatic rings. The van der Waals surface area contributed by atoms with Gasteiger partial charge in [-0.25, -0.2) is 0 Å². The van der Waals surface area contributed by atoms with Crippen LogP contribution in [-0.2, 0) is 6.54 Å². The number of rotatable bonds is 5. The third-order valence-corrected chi connectivity index (χ3v) is 3.78. The maximum Gasteiger partial charge on any atom is 0.137 e. The second kappa shape index (κ2) is 5.47. The van der Waals surface area contributed by atoms with Gasteiger partial charge in [-0.1, -0.05) is 17.7 Å². The number of halogens is 1. The van der Waals surface area contributed by atoms with E-state index in [1.54, 1.807) is 21.0 Å². The van der Waals surface area contributed by atoms with Gasteiger partial charge < -0.3 is 15.2 Å². The summed E-state index contributed by atoms with van der Waals surface area (Å²) in [5.74, 6) is 0.669. The Labute approximate surface area is 114 Å². The summed E-state index contributed by atoms with van der Waals surface area (Å²) in [6, 6.07) is 5.67. The summed E-state index contributed by atoms with van der Waals surface area (Å²) in [6.07, 6.45) is 0. The lowest BCUT2D eigenvalue weighted by atomic mass is 9.86. The number of hydrogen-bond donors (Lipinski definition) is 2. The van der Waals surface area contributed by atoms with E-state index in [0.717, 1.165) is 5.56 Å². The van der Waals surface area contributed by atoms with E-state index in [1.807, 2.05) is 32.0 Å². The van der Waals surface area contributed by atoms with Crippen molar-refractivity contribution in [3.8, 4) is 5.75 Å². The molecule has 102 valence electrons. The first-order valence-electron chi connectivity index (χ1n) is 5.97. The van der Waals surface area contributed by atoms with E-state index in [-0.39, 0.29) is 5.54 Å². The van der Waals surface area contributed by atoms with Crippen molar-refractivity contribution in [2.75, 3.05) is 7.11 Å². The summed E-state index contributed by atoms with van der Waals surface area (Å²) >= 11 is 6.07. The van der Waals surface area contributed by atoms with Crippen LogP contribution in [0.25, 0.3) is 0 Å². The van der Waals surface area contributed by atoms with Gasteiger partial charge in [0.25, 0.3) is 0 Å². The molecule has 0 saturated carbocycles. The fourth-order valence-corrected chi connectivity index (χ4v) is 1.64. The molecule has 4 heteroatoms. The molecular weight excluding hydrogens is 250 g/mol. The van der Waals surface area contributed by atoms with Crippen molar-refractivity contribution in [2.24, 2.45) is 0 Å². The highest BCUT2D eigenvalue weighted by atomic mass is 35.5. The molecule has 0 spiro atoms. The zero-order valence-corrected chi connectivity index (χ0v) is 12.4. The van der Waals surface area contributed by atoms with Crippen LogP contribution in [0.4, 0.5) is 0 Å². The molecule has 0 fully saturated rings. The Morgan fingerprint density at radius 2 is 1.89 bits per heavy atom. The molecule has 1 aromatic rings. The van der Waals surface area contributed by atoms with Gasteiger partial charge >= 0.3 is 0 Å². The van der Waals surface area contributed by atoms with Gasteiger partial charge in [0, 0.05) is 12.1 Å². The van der Waals surface area contributed by atoms with Gasteiger partial charge in [-0.3, -0.25) is 0 Å². The molecule has 1 rings (SSSR count). The van der Waals surface area contributed by atoms with E-state index >= 15 is 0 Å². The first kappa shape index (κ1) is 15.3. The summed E-state index contributed by atoms with van der Waals surface area (Å²) in [7, 11) is 1.59. The van der Waals surface area contributed by atoms with Crippen molar-refractivity contribution >= 4 is 11.6 Å². The molecule has 0 amide bonds. The molecule has 2 N–H and O–H groups in total. The molecule has 0 atom stereocenters. The number of hydrogen-bond acceptors (Lipinski definition) is 3. The number of ether oxygens (including phenoxy) is 1. The summed E-state index contributed by atoms with van der Waals surface area (Å²) in [5, 5.41) is 14.0. The highest BCUT2D eigenvalue weighted by molar-refractivity contribution is 6.32. The van der Waals surface area contributed by atoms with Crippen LogP contribution in [0.1, 0.15) is 33.3 Å². The monoisotopic (exact) mass is 271 g/mol. The van der Waals surface area contributed by atoms with Crippen LogP contribution in [-0.4, -0.2) is 23.4 Å². The van der Waals surface area contributed by atoms with E-state index in [0.29, 0.717) is 17.3 Å². The highest BCUT2D eigenvalue weighted by Gasteiger charge is 2.34. The van der Waals surface area contributed by atoms with Gasteiger partial charge in [0.2, 0.25) is 0 Å². The first-order chi connectivity index (χ1) is 8.17. The molecular formula is C14H22ClNO2. The lowest BCUT2D eigenvalue weighted by molar-refractivity contribution is -0.00531. The van der Waals surface area contributed by atoms with Crippen LogP contribution in [0, 0.1) is 0 Å². The summed E-state index contributed by atoms with van der Waals surface area (Å²) in [5.41, 5.74) is -0.138. The van der Waals surface area contributed by atoms with Gasteiger partial charge in [0.1, 0.15) is 5.75 Å². The fourth-order valence-electron chi connectivity index (χ4n) is 1.36. The fraction of sp³-hybridized carbons (Fsp3) is 0.571. The zero-order chi connectivity index (χ0) is 14.0. The summed E-state index contributed by atoms with van der Waals surface area (Å²) < 4.78 is 5.11. The van der Waals surface area contributed by atoms with Crippen LogP contribution >= 0.6 is 11.6 Å². The van der Waals surface area contributed by atoms with Crippen LogP contribution in [0.15, 0.2) is 18.2 Å². The summed E-state index contributed by atoms with van der Waals surface area (Å²) in [6.45, 7) is 8.17. The average molecular weight is 272 g/mol. The van der Waals surface area contributed by atoms with E-state index in [4.69, 9.17) is 16.3 Å². The van der Waals surface area contributed by atoms with E-state index in [2.05, 4.69) is 5.32 Å². The maximum absolute atomic E-state index is 10.1. The Morgan fingerprint density at radius 3 is 2.33 bits per heavy atom. The minimum atomic E-state index is -0.802. The smallest absolute Gasteiger partial charge is 0.137 e. The molecule has 0 radical (unpaired) electrons. The van der Waals surface area contributed by atoms with Crippen LogP contribution < -0.4 is 10.1 Å². The van der Waals surface area contributed by atoms with Crippen molar-refractivity contribution in [3.05, 3.63) is 28.8 Å². The SMILES string of the molecule is COc1ccc(CNC(C)(C)C(C)(C)O)cc1Cl. The molecule has 3 nitrogen and oxygen atoms in total. The quantitative estimate of drug-likeness (QED) is 0.865. The normalized spacial score (nSPS) is 12.6. The molecule has 0 heterocycles. The van der Waals surface area contributed by atoms with Gasteiger partial charge in [0.05, 0.1) is 17.7 Å². The third kappa shape index (κ3) is 3.61. The minimum Gasteiger partial charge on any atom is -0.495 e. The summed E-state index contributed by atoms with van der Waals surface area (Å²) in [4.78, 5) is 0. The number of aliphatic hydroxyl groups is 1. The Bertz CT molecular complexity index is 411. The lowest BCUT2D eigenvalue weighted by Crippen LogP contribution is -2.55. The van der Waals surface area contributed by atoms with Gasteiger partial charge in [-0.05, 0) is 45.4 Å². The van der Waals surface area contributed by atoms with Crippen molar-refractivity contribution in [1.82, 2.24) is 5.32 Å². The van der Waals surface area contributed by atoms with Gasteiger partial charge in [-0.15, -0.1) is 0 Å². The number of nitrogens with one attached hydrogen (secondary N) is 1. The molecule has 0 unspecified atom stereocenters. The molecule has 0 bridgehead atoms. The van der Waals surface area contributed by atoms with Crippen LogP contribution in [0.5, 0.6) is 5.75 Å². The molecule has 1 aromatic carbocycles. The predicted molar refractivity (Wildman–Crippen MR) is 75.2 cm³/mol.